The van der Waals surface area contributed by atoms with E-state index in [0.29, 0.717) is 6.04 Å². The molecule has 0 amide bonds. The van der Waals surface area contributed by atoms with Gasteiger partial charge in [-0.2, -0.15) is 0 Å². The summed E-state index contributed by atoms with van der Waals surface area (Å²) in [6.45, 7) is 6.69. The van der Waals surface area contributed by atoms with E-state index < -0.39 is 0 Å². The summed E-state index contributed by atoms with van der Waals surface area (Å²) in [6, 6.07) is 19.0. The Bertz CT molecular complexity index is 572. The zero-order valence-electron chi connectivity index (χ0n) is 14.0. The molecule has 2 aromatic carbocycles. The Balaban J connectivity index is 0.00000144. The molecule has 0 radical (unpaired) electrons. The Morgan fingerprint density at radius 1 is 0.917 bits per heavy atom. The van der Waals surface area contributed by atoms with Gasteiger partial charge in [-0.1, -0.05) is 37.3 Å². The first-order chi connectivity index (χ1) is 10.9. The Morgan fingerprint density at radius 3 is 2.08 bits per heavy atom. The van der Waals surface area contributed by atoms with Crippen LogP contribution < -0.4 is 10.1 Å². The maximum Gasteiger partial charge on any atom is 0.127 e. The van der Waals surface area contributed by atoms with Crippen molar-refractivity contribution in [2.24, 2.45) is 0 Å². The largest absolute Gasteiger partial charge is 0.457 e. The van der Waals surface area contributed by atoms with Crippen molar-refractivity contribution in [2.75, 3.05) is 26.2 Å². The van der Waals surface area contributed by atoms with Crippen molar-refractivity contribution in [3.63, 3.8) is 0 Å². The van der Waals surface area contributed by atoms with Crippen LogP contribution in [0.3, 0.4) is 0 Å². The lowest BCUT2D eigenvalue weighted by Gasteiger charge is -2.34. The second-order valence-corrected chi connectivity index (χ2v) is 5.69. The van der Waals surface area contributed by atoms with Crippen molar-refractivity contribution in [1.82, 2.24) is 10.2 Å². The summed E-state index contributed by atoms with van der Waals surface area (Å²) < 4.78 is 5.87. The van der Waals surface area contributed by atoms with Gasteiger partial charge in [0.25, 0.3) is 0 Å². The van der Waals surface area contributed by atoms with E-state index in [1.165, 1.54) is 5.56 Å². The molecule has 0 aliphatic carbocycles. The molecule has 1 aliphatic rings. The highest BCUT2D eigenvalue weighted by molar-refractivity contribution is 5.85. The standard InChI is InChI=1S/C19H24N2O.2ClH/c1-2-19(21-14-12-20-13-15-21)16-8-10-18(11-9-16)22-17-6-4-3-5-7-17;;/h3-11,19-20H,2,12-15H2,1H3;2*1H/t19-;;/m1../s1. The fraction of sp³-hybridized carbons (Fsp3) is 0.368. The van der Waals surface area contributed by atoms with E-state index in [4.69, 9.17) is 4.74 Å². The molecule has 1 aliphatic heterocycles. The number of rotatable bonds is 5. The Kier molecular flexibility index (Phi) is 9.16. The van der Waals surface area contributed by atoms with Crippen molar-refractivity contribution in [3.05, 3.63) is 60.2 Å². The van der Waals surface area contributed by atoms with Crippen molar-refractivity contribution in [2.45, 2.75) is 19.4 Å². The van der Waals surface area contributed by atoms with Gasteiger partial charge in [-0.3, -0.25) is 4.90 Å². The first-order valence-corrected chi connectivity index (χ1v) is 8.14. The van der Waals surface area contributed by atoms with Crippen LogP contribution in [0, 0.1) is 0 Å². The van der Waals surface area contributed by atoms with Gasteiger partial charge in [-0.05, 0) is 36.2 Å². The molecule has 1 heterocycles. The predicted octanol–water partition coefficient (Wildman–Crippen LogP) is 4.68. The van der Waals surface area contributed by atoms with Crippen molar-refractivity contribution in [1.29, 1.82) is 0 Å². The molecule has 1 fully saturated rings. The zero-order valence-corrected chi connectivity index (χ0v) is 15.6. The number of para-hydroxylation sites is 1. The van der Waals surface area contributed by atoms with Gasteiger partial charge in [0.15, 0.2) is 0 Å². The lowest BCUT2D eigenvalue weighted by atomic mass is 10.0. The normalized spacial score (nSPS) is 15.7. The topological polar surface area (TPSA) is 24.5 Å². The summed E-state index contributed by atoms with van der Waals surface area (Å²) in [7, 11) is 0. The average molecular weight is 369 g/mol. The molecule has 3 rings (SSSR count). The predicted molar refractivity (Wildman–Crippen MR) is 105 cm³/mol. The van der Waals surface area contributed by atoms with E-state index in [2.05, 4.69) is 41.4 Å². The van der Waals surface area contributed by atoms with Gasteiger partial charge in [-0.25, -0.2) is 0 Å². The molecule has 2 aromatic rings. The van der Waals surface area contributed by atoms with Crippen LogP contribution in [0.2, 0.25) is 0 Å². The van der Waals surface area contributed by atoms with Gasteiger partial charge in [0, 0.05) is 32.2 Å². The molecule has 132 valence electrons. The summed E-state index contributed by atoms with van der Waals surface area (Å²) in [4.78, 5) is 2.57. The van der Waals surface area contributed by atoms with Crippen molar-refractivity contribution >= 4 is 24.8 Å². The van der Waals surface area contributed by atoms with Crippen LogP contribution >= 0.6 is 24.8 Å². The zero-order chi connectivity index (χ0) is 15.2. The lowest BCUT2D eigenvalue weighted by Crippen LogP contribution is -2.45. The summed E-state index contributed by atoms with van der Waals surface area (Å²) in [5, 5.41) is 3.42. The number of hydrogen-bond donors (Lipinski definition) is 1. The minimum Gasteiger partial charge on any atom is -0.457 e. The number of nitrogens with one attached hydrogen (secondary N) is 1. The van der Waals surface area contributed by atoms with Crippen LogP contribution in [0.5, 0.6) is 11.5 Å². The van der Waals surface area contributed by atoms with Gasteiger partial charge in [-0.15, -0.1) is 24.8 Å². The maximum atomic E-state index is 5.87. The molecule has 3 nitrogen and oxygen atoms in total. The molecule has 1 saturated heterocycles. The first-order valence-electron chi connectivity index (χ1n) is 8.14. The molecule has 5 heteroatoms. The number of piperazine rings is 1. The van der Waals surface area contributed by atoms with E-state index in [1.807, 2.05) is 30.3 Å². The van der Waals surface area contributed by atoms with Crippen LogP contribution in [0.4, 0.5) is 0 Å². The molecular formula is C19H26Cl2N2O. The molecule has 0 bridgehead atoms. The number of nitrogens with zero attached hydrogens (tertiary/aromatic N) is 1. The average Bonchev–Trinajstić information content (AvgIpc) is 2.59. The van der Waals surface area contributed by atoms with Gasteiger partial charge in [0.2, 0.25) is 0 Å². The fourth-order valence-electron chi connectivity index (χ4n) is 3.08. The lowest BCUT2D eigenvalue weighted by molar-refractivity contribution is 0.169. The second-order valence-electron chi connectivity index (χ2n) is 5.69. The highest BCUT2D eigenvalue weighted by Crippen LogP contribution is 2.28. The van der Waals surface area contributed by atoms with E-state index >= 15 is 0 Å². The van der Waals surface area contributed by atoms with Crippen LogP contribution in [-0.2, 0) is 0 Å². The van der Waals surface area contributed by atoms with Gasteiger partial charge in [0.1, 0.15) is 11.5 Å². The smallest absolute Gasteiger partial charge is 0.127 e. The third-order valence-electron chi connectivity index (χ3n) is 4.22. The van der Waals surface area contributed by atoms with Crippen LogP contribution in [0.1, 0.15) is 24.9 Å². The quantitative estimate of drug-likeness (QED) is 0.828. The minimum atomic E-state index is 0. The molecule has 0 aromatic heterocycles. The third-order valence-corrected chi connectivity index (χ3v) is 4.22. The summed E-state index contributed by atoms with van der Waals surface area (Å²) in [6.07, 6.45) is 1.14. The maximum absolute atomic E-state index is 5.87. The van der Waals surface area contributed by atoms with Crippen LogP contribution in [-0.4, -0.2) is 31.1 Å². The van der Waals surface area contributed by atoms with E-state index in [0.717, 1.165) is 44.1 Å². The van der Waals surface area contributed by atoms with E-state index in [9.17, 15) is 0 Å². The number of ether oxygens (including phenoxy) is 1. The SMILES string of the molecule is CC[C@H](c1ccc(Oc2ccccc2)cc1)N1CCNCC1.Cl.Cl. The molecule has 24 heavy (non-hydrogen) atoms. The fourth-order valence-corrected chi connectivity index (χ4v) is 3.08. The number of halogens is 2. The van der Waals surface area contributed by atoms with Crippen LogP contribution in [0.15, 0.2) is 54.6 Å². The molecule has 0 unspecified atom stereocenters. The number of benzene rings is 2. The Morgan fingerprint density at radius 2 is 1.50 bits per heavy atom. The Labute approximate surface area is 157 Å². The van der Waals surface area contributed by atoms with Gasteiger partial charge < -0.3 is 10.1 Å². The highest BCUT2D eigenvalue weighted by Gasteiger charge is 2.20. The molecule has 1 atom stereocenters. The summed E-state index contributed by atoms with van der Waals surface area (Å²) in [5.41, 5.74) is 1.38. The highest BCUT2D eigenvalue weighted by atomic mass is 35.5. The van der Waals surface area contributed by atoms with Gasteiger partial charge >= 0.3 is 0 Å². The first kappa shape index (κ1) is 20.8. The molecule has 1 N–H and O–H groups in total. The van der Waals surface area contributed by atoms with Crippen molar-refractivity contribution < 1.29 is 4.74 Å². The second kappa shape index (κ2) is 10.6. The molecular weight excluding hydrogens is 343 g/mol. The molecule has 0 spiro atoms. The summed E-state index contributed by atoms with van der Waals surface area (Å²) >= 11 is 0. The van der Waals surface area contributed by atoms with Crippen LogP contribution in [0.25, 0.3) is 0 Å². The molecule has 0 saturated carbocycles. The third kappa shape index (κ3) is 5.38. The summed E-state index contributed by atoms with van der Waals surface area (Å²) in [5.74, 6) is 1.77. The van der Waals surface area contributed by atoms with E-state index in [-0.39, 0.29) is 24.8 Å². The number of hydrogen-bond acceptors (Lipinski definition) is 3. The van der Waals surface area contributed by atoms with Crippen molar-refractivity contribution in [3.8, 4) is 11.5 Å². The van der Waals surface area contributed by atoms with E-state index in [1.54, 1.807) is 0 Å². The monoisotopic (exact) mass is 368 g/mol. The Hall–Kier alpha value is -1.26. The van der Waals surface area contributed by atoms with Gasteiger partial charge in [0.05, 0.1) is 0 Å². The minimum absolute atomic E-state index is 0.